The maximum atomic E-state index is 12.5. The Balaban J connectivity index is 1.52. The van der Waals surface area contributed by atoms with Gasteiger partial charge in [-0.05, 0) is 29.7 Å². The molecule has 1 amide bonds. The van der Waals surface area contributed by atoms with Gasteiger partial charge in [0.1, 0.15) is 5.75 Å². The van der Waals surface area contributed by atoms with Gasteiger partial charge in [0.2, 0.25) is 5.91 Å². The Kier molecular flexibility index (Phi) is 6.26. The van der Waals surface area contributed by atoms with Crippen molar-refractivity contribution in [3.05, 3.63) is 65.7 Å². The van der Waals surface area contributed by atoms with E-state index >= 15 is 0 Å². The number of phenolic OH excluding ortho intramolecular Hbond substituents is 1. The number of amides is 1. The fourth-order valence-electron chi connectivity index (χ4n) is 3.34. The zero-order chi connectivity index (χ0) is 18.4. The van der Waals surface area contributed by atoms with Gasteiger partial charge in [0.05, 0.1) is 6.10 Å². The normalized spacial score (nSPS) is 18.5. The largest absolute Gasteiger partial charge is 0.508 e. The first-order chi connectivity index (χ1) is 12.6. The molecule has 1 fully saturated rings. The number of nitrogens with zero attached hydrogens (tertiary/aromatic N) is 2. The average molecular weight is 354 g/mol. The number of hydrogen-bond donors (Lipinski definition) is 2. The summed E-state index contributed by atoms with van der Waals surface area (Å²) in [5.41, 5.74) is 2.24. The quantitative estimate of drug-likeness (QED) is 0.862. The van der Waals surface area contributed by atoms with E-state index < -0.39 is 6.10 Å². The second kappa shape index (κ2) is 8.83. The van der Waals surface area contributed by atoms with Crippen molar-refractivity contribution in [1.29, 1.82) is 0 Å². The van der Waals surface area contributed by atoms with Gasteiger partial charge in [-0.2, -0.15) is 0 Å². The summed E-state index contributed by atoms with van der Waals surface area (Å²) in [5.74, 6) is 0.299. The van der Waals surface area contributed by atoms with Crippen LogP contribution in [0.15, 0.2) is 54.6 Å². The standard InChI is InChI=1S/C21H26N2O3/c24-19-9-6-17(7-10-19)8-11-21(26)23-13-12-22(15-20(25)16-23)14-18-4-2-1-3-5-18/h1-7,9-10,20,24-25H,8,11-16H2/t20-/m0/s1. The minimum absolute atomic E-state index is 0.0682. The Morgan fingerprint density at radius 1 is 0.962 bits per heavy atom. The van der Waals surface area contributed by atoms with E-state index in [-0.39, 0.29) is 11.7 Å². The number of aliphatic hydroxyl groups is 1. The van der Waals surface area contributed by atoms with E-state index in [1.54, 1.807) is 17.0 Å². The van der Waals surface area contributed by atoms with Gasteiger partial charge in [-0.15, -0.1) is 0 Å². The maximum Gasteiger partial charge on any atom is 0.223 e. The van der Waals surface area contributed by atoms with Crippen molar-refractivity contribution in [3.8, 4) is 5.75 Å². The number of benzene rings is 2. The lowest BCUT2D eigenvalue weighted by atomic mass is 10.1. The highest BCUT2D eigenvalue weighted by atomic mass is 16.3. The molecule has 2 aromatic rings. The van der Waals surface area contributed by atoms with Gasteiger partial charge in [0.15, 0.2) is 0 Å². The second-order valence-corrected chi connectivity index (χ2v) is 6.88. The van der Waals surface area contributed by atoms with Crippen LogP contribution in [0, 0.1) is 0 Å². The molecule has 0 aromatic heterocycles. The van der Waals surface area contributed by atoms with Gasteiger partial charge >= 0.3 is 0 Å². The van der Waals surface area contributed by atoms with Gasteiger partial charge < -0.3 is 15.1 Å². The number of phenols is 1. The molecule has 0 saturated carbocycles. The molecule has 138 valence electrons. The van der Waals surface area contributed by atoms with Crippen molar-refractivity contribution >= 4 is 5.91 Å². The van der Waals surface area contributed by atoms with Crippen LogP contribution in [0.25, 0.3) is 0 Å². The number of carbonyl (C=O) groups is 1. The lowest BCUT2D eigenvalue weighted by Crippen LogP contribution is -2.37. The van der Waals surface area contributed by atoms with Crippen molar-refractivity contribution in [2.45, 2.75) is 25.5 Å². The molecule has 1 heterocycles. The monoisotopic (exact) mass is 354 g/mol. The predicted molar refractivity (Wildman–Crippen MR) is 101 cm³/mol. The summed E-state index contributed by atoms with van der Waals surface area (Å²) < 4.78 is 0. The van der Waals surface area contributed by atoms with E-state index in [0.717, 1.165) is 18.7 Å². The summed E-state index contributed by atoms with van der Waals surface area (Å²) in [5, 5.41) is 19.6. The van der Waals surface area contributed by atoms with Crippen molar-refractivity contribution in [2.75, 3.05) is 26.2 Å². The van der Waals surface area contributed by atoms with Crippen LogP contribution >= 0.6 is 0 Å². The Morgan fingerprint density at radius 3 is 2.42 bits per heavy atom. The first kappa shape index (κ1) is 18.4. The summed E-state index contributed by atoms with van der Waals surface area (Å²) in [7, 11) is 0. The highest BCUT2D eigenvalue weighted by molar-refractivity contribution is 5.76. The van der Waals surface area contributed by atoms with Gasteiger partial charge in [0, 0.05) is 39.1 Å². The molecular formula is C21H26N2O3. The minimum Gasteiger partial charge on any atom is -0.508 e. The predicted octanol–water partition coefficient (Wildman–Crippen LogP) is 2.03. The van der Waals surface area contributed by atoms with E-state index in [9.17, 15) is 15.0 Å². The van der Waals surface area contributed by atoms with Crippen molar-refractivity contribution in [3.63, 3.8) is 0 Å². The van der Waals surface area contributed by atoms with Crippen LogP contribution in [0.1, 0.15) is 17.5 Å². The second-order valence-electron chi connectivity index (χ2n) is 6.88. The summed E-state index contributed by atoms with van der Waals surface area (Å²) >= 11 is 0. The van der Waals surface area contributed by atoms with E-state index in [4.69, 9.17) is 0 Å². The third-order valence-electron chi connectivity index (χ3n) is 4.75. The minimum atomic E-state index is -0.529. The van der Waals surface area contributed by atoms with Gasteiger partial charge in [-0.3, -0.25) is 9.69 Å². The van der Waals surface area contributed by atoms with Crippen LogP contribution in [0.2, 0.25) is 0 Å². The number of aryl methyl sites for hydroxylation is 1. The summed E-state index contributed by atoms with van der Waals surface area (Å²) in [6.07, 6.45) is 0.522. The lowest BCUT2D eigenvalue weighted by molar-refractivity contribution is -0.132. The number of carbonyl (C=O) groups excluding carboxylic acids is 1. The highest BCUT2D eigenvalue weighted by Crippen LogP contribution is 2.14. The molecule has 0 bridgehead atoms. The number of hydrogen-bond acceptors (Lipinski definition) is 4. The van der Waals surface area contributed by atoms with Crippen LogP contribution in [0.4, 0.5) is 0 Å². The Hall–Kier alpha value is -2.37. The van der Waals surface area contributed by atoms with E-state index in [2.05, 4.69) is 17.0 Å². The van der Waals surface area contributed by atoms with E-state index in [1.807, 2.05) is 30.3 Å². The molecule has 5 nitrogen and oxygen atoms in total. The SMILES string of the molecule is O=C(CCc1ccc(O)cc1)N1CCN(Cc2ccccc2)C[C@H](O)C1. The van der Waals surface area contributed by atoms with Crippen LogP contribution < -0.4 is 0 Å². The van der Waals surface area contributed by atoms with Crippen molar-refractivity contribution in [1.82, 2.24) is 9.80 Å². The number of β-amino-alcohol motifs (C(OH)–C–C–N with tert-alkyl or cyclic N) is 1. The van der Waals surface area contributed by atoms with Crippen molar-refractivity contribution < 1.29 is 15.0 Å². The molecular weight excluding hydrogens is 328 g/mol. The Labute approximate surface area is 154 Å². The van der Waals surface area contributed by atoms with Gasteiger partial charge in [-0.1, -0.05) is 42.5 Å². The molecule has 0 aliphatic carbocycles. The topological polar surface area (TPSA) is 64.0 Å². The molecule has 1 aliphatic heterocycles. The third kappa shape index (κ3) is 5.31. The maximum absolute atomic E-state index is 12.5. The zero-order valence-corrected chi connectivity index (χ0v) is 14.9. The molecule has 3 rings (SSSR count). The van der Waals surface area contributed by atoms with E-state index in [1.165, 1.54) is 5.56 Å². The summed E-state index contributed by atoms with van der Waals surface area (Å²) in [6, 6.07) is 17.1. The van der Waals surface area contributed by atoms with Gasteiger partial charge in [-0.25, -0.2) is 0 Å². The van der Waals surface area contributed by atoms with Crippen LogP contribution in [0.5, 0.6) is 5.75 Å². The fourth-order valence-corrected chi connectivity index (χ4v) is 3.34. The molecule has 5 heteroatoms. The first-order valence-corrected chi connectivity index (χ1v) is 9.10. The zero-order valence-electron chi connectivity index (χ0n) is 14.9. The number of aromatic hydroxyl groups is 1. The van der Waals surface area contributed by atoms with Crippen LogP contribution in [0.3, 0.4) is 0 Å². The van der Waals surface area contributed by atoms with Crippen LogP contribution in [-0.2, 0) is 17.8 Å². The highest BCUT2D eigenvalue weighted by Gasteiger charge is 2.24. The molecule has 1 aliphatic rings. The third-order valence-corrected chi connectivity index (χ3v) is 4.75. The molecule has 2 N–H and O–H groups in total. The smallest absolute Gasteiger partial charge is 0.223 e. The summed E-state index contributed by atoms with van der Waals surface area (Å²) in [4.78, 5) is 16.5. The Bertz CT molecular complexity index is 703. The molecule has 0 spiro atoms. The average Bonchev–Trinajstić information content (AvgIpc) is 2.83. The molecule has 1 atom stereocenters. The molecule has 0 unspecified atom stereocenters. The van der Waals surface area contributed by atoms with Crippen molar-refractivity contribution in [2.24, 2.45) is 0 Å². The van der Waals surface area contributed by atoms with Gasteiger partial charge in [0.25, 0.3) is 0 Å². The molecule has 0 radical (unpaired) electrons. The van der Waals surface area contributed by atoms with Crippen LogP contribution in [-0.4, -0.2) is 58.2 Å². The Morgan fingerprint density at radius 2 is 1.69 bits per heavy atom. The van der Waals surface area contributed by atoms with E-state index in [0.29, 0.717) is 32.5 Å². The molecule has 26 heavy (non-hydrogen) atoms. The lowest BCUT2D eigenvalue weighted by Gasteiger charge is -2.22. The molecule has 2 aromatic carbocycles. The number of aliphatic hydroxyl groups excluding tert-OH is 1. The number of rotatable bonds is 5. The molecule has 1 saturated heterocycles. The fraction of sp³-hybridized carbons (Fsp3) is 0.381. The first-order valence-electron chi connectivity index (χ1n) is 9.10. The summed E-state index contributed by atoms with van der Waals surface area (Å²) in [6.45, 7) is 3.15.